The summed E-state index contributed by atoms with van der Waals surface area (Å²) in [6.07, 6.45) is 9.33. The Labute approximate surface area is 158 Å². The molecule has 0 N–H and O–H groups in total. The first-order valence-electron chi connectivity index (χ1n) is 9.64. The van der Waals surface area contributed by atoms with Crippen molar-refractivity contribution < 1.29 is 0 Å². The van der Waals surface area contributed by atoms with Gasteiger partial charge in [-0.2, -0.15) is 0 Å². The Kier molecular flexibility index (Phi) is 4.94. The van der Waals surface area contributed by atoms with Crippen molar-refractivity contribution in [1.82, 2.24) is 0 Å². The summed E-state index contributed by atoms with van der Waals surface area (Å²) < 4.78 is 1.19. The van der Waals surface area contributed by atoms with Crippen LogP contribution in [-0.4, -0.2) is 0 Å². The highest BCUT2D eigenvalue weighted by atomic mass is 79.9. The second-order valence-corrected chi connectivity index (χ2v) is 8.07. The van der Waals surface area contributed by atoms with Gasteiger partial charge in [0.2, 0.25) is 0 Å². The molecule has 0 spiro atoms. The third-order valence-electron chi connectivity index (χ3n) is 5.50. The van der Waals surface area contributed by atoms with Crippen molar-refractivity contribution in [3.05, 3.63) is 58.6 Å². The lowest BCUT2D eigenvalue weighted by atomic mass is 9.90. The first-order chi connectivity index (χ1) is 12.3. The van der Waals surface area contributed by atoms with Crippen molar-refractivity contribution >= 4 is 48.2 Å². The van der Waals surface area contributed by atoms with E-state index in [-0.39, 0.29) is 0 Å². The van der Waals surface area contributed by atoms with Crippen LogP contribution in [0.5, 0.6) is 0 Å². The minimum absolute atomic E-state index is 1.19. The number of hydrogen-bond acceptors (Lipinski definition) is 0. The lowest BCUT2D eigenvalue weighted by Gasteiger charge is -2.14. The normalized spacial score (nSPS) is 11.9. The van der Waals surface area contributed by atoms with Gasteiger partial charge in [-0.25, -0.2) is 0 Å². The van der Waals surface area contributed by atoms with Crippen LogP contribution in [0, 0.1) is 0 Å². The molecule has 0 radical (unpaired) electrons. The van der Waals surface area contributed by atoms with Crippen LogP contribution >= 0.6 is 15.9 Å². The molecule has 0 amide bonds. The maximum atomic E-state index is 3.73. The average molecular weight is 393 g/mol. The summed E-state index contributed by atoms with van der Waals surface area (Å²) in [6.45, 7) is 2.28. The van der Waals surface area contributed by atoms with Crippen LogP contribution in [0.1, 0.15) is 51.0 Å². The van der Waals surface area contributed by atoms with E-state index >= 15 is 0 Å². The van der Waals surface area contributed by atoms with Crippen molar-refractivity contribution in [2.24, 2.45) is 0 Å². The molecule has 0 nitrogen and oxygen atoms in total. The highest BCUT2D eigenvalue weighted by Crippen LogP contribution is 2.39. The fourth-order valence-corrected chi connectivity index (χ4v) is 4.60. The summed E-state index contributed by atoms with van der Waals surface area (Å²) in [7, 11) is 0. The summed E-state index contributed by atoms with van der Waals surface area (Å²) in [4.78, 5) is 0. The van der Waals surface area contributed by atoms with E-state index in [1.165, 1.54) is 87.3 Å². The van der Waals surface area contributed by atoms with Crippen molar-refractivity contribution in [1.29, 1.82) is 0 Å². The molecule has 0 aromatic heterocycles. The predicted octanol–water partition coefficient (Wildman–Crippen LogP) is 8.25. The average Bonchev–Trinajstić information content (AvgIpc) is 2.65. The molecule has 0 saturated carbocycles. The van der Waals surface area contributed by atoms with Crippen molar-refractivity contribution in [3.63, 3.8) is 0 Å². The summed E-state index contributed by atoms with van der Waals surface area (Å²) in [5.74, 6) is 0. The van der Waals surface area contributed by atoms with E-state index in [0.717, 1.165) is 0 Å². The molecule has 0 saturated heterocycles. The first-order valence-corrected chi connectivity index (χ1v) is 10.4. The third-order valence-corrected chi connectivity index (χ3v) is 6.19. The molecular weight excluding hydrogens is 368 g/mol. The number of rotatable bonds is 7. The van der Waals surface area contributed by atoms with Crippen molar-refractivity contribution in [2.75, 3.05) is 0 Å². The minimum atomic E-state index is 1.19. The largest absolute Gasteiger partial charge is 0.0654 e. The number of hydrogen-bond donors (Lipinski definition) is 0. The zero-order valence-corrected chi connectivity index (χ0v) is 16.5. The molecule has 4 rings (SSSR count). The number of benzene rings is 4. The molecule has 0 aliphatic carbocycles. The Bertz CT molecular complexity index is 999. The van der Waals surface area contributed by atoms with Crippen molar-refractivity contribution in [3.8, 4) is 0 Å². The van der Waals surface area contributed by atoms with Gasteiger partial charge < -0.3 is 0 Å². The molecule has 0 heterocycles. The molecule has 25 heavy (non-hydrogen) atoms. The SMILES string of the molecule is CCCCCCCCc1ccc2ccc3c(Br)ccc4ccc1c2c43. The van der Waals surface area contributed by atoms with Crippen molar-refractivity contribution in [2.45, 2.75) is 51.9 Å². The molecule has 4 aromatic rings. The fraction of sp³-hybridized carbons (Fsp3) is 0.333. The Morgan fingerprint density at radius 3 is 2.04 bits per heavy atom. The van der Waals surface area contributed by atoms with Crippen LogP contribution in [0.2, 0.25) is 0 Å². The Balaban J connectivity index is 1.70. The first kappa shape index (κ1) is 16.8. The number of halogens is 1. The summed E-state index contributed by atoms with van der Waals surface area (Å²) >= 11 is 3.73. The monoisotopic (exact) mass is 392 g/mol. The van der Waals surface area contributed by atoms with Gasteiger partial charge in [-0.15, -0.1) is 0 Å². The van der Waals surface area contributed by atoms with E-state index in [1.54, 1.807) is 0 Å². The second-order valence-electron chi connectivity index (χ2n) is 7.21. The topological polar surface area (TPSA) is 0 Å². The zero-order valence-electron chi connectivity index (χ0n) is 14.9. The highest BCUT2D eigenvalue weighted by Gasteiger charge is 2.12. The smallest absolute Gasteiger partial charge is 0.0254 e. The molecule has 1 heteroatoms. The van der Waals surface area contributed by atoms with Crippen LogP contribution in [-0.2, 0) is 6.42 Å². The Morgan fingerprint density at radius 2 is 1.24 bits per heavy atom. The second kappa shape index (κ2) is 7.33. The van der Waals surface area contributed by atoms with Crippen LogP contribution in [0.25, 0.3) is 32.3 Å². The minimum Gasteiger partial charge on any atom is -0.0654 e. The van der Waals surface area contributed by atoms with Gasteiger partial charge in [-0.3, -0.25) is 0 Å². The van der Waals surface area contributed by atoms with Gasteiger partial charge in [-0.1, -0.05) is 97.4 Å². The van der Waals surface area contributed by atoms with E-state index in [2.05, 4.69) is 71.4 Å². The van der Waals surface area contributed by atoms with E-state index in [0.29, 0.717) is 0 Å². The number of unbranched alkanes of at least 4 members (excludes halogenated alkanes) is 5. The maximum Gasteiger partial charge on any atom is 0.0254 e. The van der Waals surface area contributed by atoms with Crippen LogP contribution < -0.4 is 0 Å². The summed E-state index contributed by atoms with van der Waals surface area (Å²) in [6, 6.07) is 18.2. The zero-order chi connectivity index (χ0) is 17.2. The molecule has 0 atom stereocenters. The van der Waals surface area contributed by atoms with Gasteiger partial charge >= 0.3 is 0 Å². The predicted molar refractivity (Wildman–Crippen MR) is 115 cm³/mol. The number of aryl methyl sites for hydroxylation is 1. The van der Waals surface area contributed by atoms with Gasteiger partial charge in [0.25, 0.3) is 0 Å². The van der Waals surface area contributed by atoms with E-state index in [9.17, 15) is 0 Å². The molecule has 0 bridgehead atoms. The Morgan fingerprint density at radius 1 is 0.640 bits per heavy atom. The lowest BCUT2D eigenvalue weighted by molar-refractivity contribution is 0.608. The van der Waals surface area contributed by atoms with Gasteiger partial charge in [-0.05, 0) is 56.8 Å². The summed E-state index contributed by atoms with van der Waals surface area (Å²) in [5.41, 5.74) is 1.51. The highest BCUT2D eigenvalue weighted by molar-refractivity contribution is 9.10. The third kappa shape index (κ3) is 3.15. The molecule has 0 unspecified atom stereocenters. The summed E-state index contributed by atoms with van der Waals surface area (Å²) in [5, 5.41) is 8.33. The molecule has 0 aliphatic rings. The van der Waals surface area contributed by atoms with E-state index in [1.807, 2.05) is 0 Å². The molecule has 0 fully saturated rings. The molecule has 128 valence electrons. The van der Waals surface area contributed by atoms with Gasteiger partial charge in [0.1, 0.15) is 0 Å². The quantitative estimate of drug-likeness (QED) is 0.219. The lowest BCUT2D eigenvalue weighted by Crippen LogP contribution is -1.91. The fourth-order valence-electron chi connectivity index (χ4n) is 4.14. The van der Waals surface area contributed by atoms with E-state index < -0.39 is 0 Å². The molecule has 4 aromatic carbocycles. The standard InChI is InChI=1S/C24H25Br/c1-2-3-4-5-6-7-8-17-9-10-18-12-15-21-22(25)16-13-19-11-14-20(17)23(18)24(19)21/h9-16H,2-8H2,1H3. The van der Waals surface area contributed by atoms with Gasteiger partial charge in [0, 0.05) is 4.47 Å². The molecule has 0 aliphatic heterocycles. The van der Waals surface area contributed by atoms with Gasteiger partial charge in [0.15, 0.2) is 0 Å². The van der Waals surface area contributed by atoms with Crippen LogP contribution in [0.15, 0.2) is 53.0 Å². The Hall–Kier alpha value is -1.60. The maximum absolute atomic E-state index is 3.73. The van der Waals surface area contributed by atoms with Crippen LogP contribution in [0.4, 0.5) is 0 Å². The van der Waals surface area contributed by atoms with Gasteiger partial charge in [0.05, 0.1) is 0 Å². The van der Waals surface area contributed by atoms with Crippen LogP contribution in [0.3, 0.4) is 0 Å². The molecular formula is C24H25Br. The van der Waals surface area contributed by atoms with E-state index in [4.69, 9.17) is 0 Å².